The van der Waals surface area contributed by atoms with Gasteiger partial charge in [0.05, 0.1) is 19.3 Å². The summed E-state index contributed by atoms with van der Waals surface area (Å²) in [5, 5.41) is 9.16. The number of esters is 1. The minimum atomic E-state index is -1.08. The van der Waals surface area contributed by atoms with Crippen LogP contribution in [0.4, 0.5) is 0 Å². The molecule has 0 fully saturated rings. The Labute approximate surface area is 78.8 Å². The molecule has 0 aliphatic heterocycles. The topological polar surface area (TPSA) is 55.8 Å². The molecule has 78 valence electrons. The van der Waals surface area contributed by atoms with Gasteiger partial charge in [-0.25, -0.2) is 4.79 Å². The zero-order valence-electron chi connectivity index (χ0n) is 8.66. The number of carbonyl (C=O) groups is 1. The normalized spacial score (nSPS) is 13.9. The molecule has 0 bridgehead atoms. The number of aliphatic hydroxyl groups excluding tert-OH is 1. The number of ether oxygens (including phenoxy) is 2. The molecule has 0 heterocycles. The predicted molar refractivity (Wildman–Crippen MR) is 48.3 cm³/mol. The molecule has 0 aromatic rings. The Bertz CT molecular complexity index is 159. The summed E-state index contributed by atoms with van der Waals surface area (Å²) in [6.07, 6.45) is -0.809. The van der Waals surface area contributed by atoms with Crippen LogP contribution >= 0.6 is 0 Å². The summed E-state index contributed by atoms with van der Waals surface area (Å²) in [6, 6.07) is 0. The number of methoxy groups -OCH3 is 1. The zero-order valence-corrected chi connectivity index (χ0v) is 8.66. The Balaban J connectivity index is 3.59. The monoisotopic (exact) mass is 190 g/mol. The third-order valence-corrected chi connectivity index (χ3v) is 1.40. The average molecular weight is 190 g/mol. The van der Waals surface area contributed by atoms with E-state index < -0.39 is 12.1 Å². The quantitative estimate of drug-likeness (QED) is 0.664. The van der Waals surface area contributed by atoms with Crippen molar-refractivity contribution in [3.05, 3.63) is 0 Å². The lowest BCUT2D eigenvalue weighted by Crippen LogP contribution is -2.26. The van der Waals surface area contributed by atoms with Crippen LogP contribution in [0, 0.1) is 0 Å². The van der Waals surface area contributed by atoms with Crippen LogP contribution in [0.25, 0.3) is 0 Å². The first-order chi connectivity index (χ1) is 5.87. The van der Waals surface area contributed by atoms with Crippen molar-refractivity contribution in [3.63, 3.8) is 0 Å². The summed E-state index contributed by atoms with van der Waals surface area (Å²) in [5.74, 6) is -0.613. The second kappa shape index (κ2) is 5.19. The first kappa shape index (κ1) is 12.4. The Morgan fingerprint density at radius 1 is 1.46 bits per heavy atom. The zero-order chi connectivity index (χ0) is 10.5. The summed E-state index contributed by atoms with van der Waals surface area (Å²) < 4.78 is 9.68. The summed E-state index contributed by atoms with van der Waals surface area (Å²) >= 11 is 0. The molecule has 13 heavy (non-hydrogen) atoms. The van der Waals surface area contributed by atoms with Gasteiger partial charge < -0.3 is 14.6 Å². The standard InChI is InChI=1S/C9H18O4/c1-9(2,3)13-6-5-7(10)8(11)12-4/h7,10H,5-6H2,1-4H3. The molecule has 1 unspecified atom stereocenters. The van der Waals surface area contributed by atoms with E-state index in [4.69, 9.17) is 9.84 Å². The Hall–Kier alpha value is -0.610. The number of carbonyl (C=O) groups excluding carboxylic acids is 1. The molecule has 0 amide bonds. The number of aliphatic hydroxyl groups is 1. The summed E-state index contributed by atoms with van der Waals surface area (Å²) in [4.78, 5) is 10.7. The van der Waals surface area contributed by atoms with Gasteiger partial charge in [0.2, 0.25) is 0 Å². The van der Waals surface area contributed by atoms with Crippen molar-refractivity contribution in [1.82, 2.24) is 0 Å². The first-order valence-corrected chi connectivity index (χ1v) is 4.26. The molecular weight excluding hydrogens is 172 g/mol. The lowest BCUT2D eigenvalue weighted by molar-refractivity contribution is -0.152. The van der Waals surface area contributed by atoms with Gasteiger partial charge in [0.25, 0.3) is 0 Å². The molecule has 0 spiro atoms. The summed E-state index contributed by atoms with van der Waals surface area (Å²) in [6.45, 7) is 6.09. The van der Waals surface area contributed by atoms with E-state index in [1.54, 1.807) is 0 Å². The molecular formula is C9H18O4. The minimum Gasteiger partial charge on any atom is -0.467 e. The number of hydrogen-bond acceptors (Lipinski definition) is 4. The van der Waals surface area contributed by atoms with Crippen molar-refractivity contribution in [3.8, 4) is 0 Å². The maximum atomic E-state index is 10.7. The van der Waals surface area contributed by atoms with Crippen LogP contribution in [0.5, 0.6) is 0 Å². The van der Waals surface area contributed by atoms with Crippen LogP contribution in [0.3, 0.4) is 0 Å². The second-order valence-corrected chi connectivity index (χ2v) is 3.79. The van der Waals surface area contributed by atoms with E-state index in [1.165, 1.54) is 7.11 Å². The van der Waals surface area contributed by atoms with Crippen LogP contribution in [-0.4, -0.2) is 36.5 Å². The molecule has 0 rings (SSSR count). The van der Waals surface area contributed by atoms with Gasteiger partial charge in [-0.3, -0.25) is 0 Å². The lowest BCUT2D eigenvalue weighted by atomic mass is 10.2. The van der Waals surface area contributed by atoms with Gasteiger partial charge in [-0.15, -0.1) is 0 Å². The van der Waals surface area contributed by atoms with Gasteiger partial charge in [0, 0.05) is 6.42 Å². The molecule has 4 nitrogen and oxygen atoms in total. The third kappa shape index (κ3) is 6.54. The van der Waals surface area contributed by atoms with Gasteiger partial charge in [0.15, 0.2) is 6.10 Å². The van der Waals surface area contributed by atoms with E-state index in [-0.39, 0.29) is 12.0 Å². The smallest absolute Gasteiger partial charge is 0.334 e. The fourth-order valence-corrected chi connectivity index (χ4v) is 0.731. The minimum absolute atomic E-state index is 0.240. The van der Waals surface area contributed by atoms with Crippen LogP contribution in [-0.2, 0) is 14.3 Å². The van der Waals surface area contributed by atoms with Gasteiger partial charge >= 0.3 is 5.97 Å². The molecule has 0 aromatic carbocycles. The third-order valence-electron chi connectivity index (χ3n) is 1.40. The largest absolute Gasteiger partial charge is 0.467 e. The molecule has 0 aliphatic carbocycles. The van der Waals surface area contributed by atoms with Crippen LogP contribution in [0.15, 0.2) is 0 Å². The van der Waals surface area contributed by atoms with Crippen molar-refractivity contribution in [2.75, 3.05) is 13.7 Å². The SMILES string of the molecule is COC(=O)C(O)CCOC(C)(C)C. The fraction of sp³-hybridized carbons (Fsp3) is 0.889. The highest BCUT2D eigenvalue weighted by molar-refractivity contribution is 5.74. The Morgan fingerprint density at radius 3 is 2.38 bits per heavy atom. The molecule has 0 aliphatic rings. The number of hydrogen-bond donors (Lipinski definition) is 1. The molecule has 1 N–H and O–H groups in total. The van der Waals surface area contributed by atoms with E-state index in [0.717, 1.165) is 0 Å². The summed E-state index contributed by atoms with van der Waals surface area (Å²) in [7, 11) is 1.25. The Morgan fingerprint density at radius 2 is 2.00 bits per heavy atom. The van der Waals surface area contributed by atoms with E-state index in [9.17, 15) is 4.79 Å². The van der Waals surface area contributed by atoms with Crippen molar-refractivity contribution < 1.29 is 19.4 Å². The first-order valence-electron chi connectivity index (χ1n) is 4.26. The maximum Gasteiger partial charge on any atom is 0.334 e. The van der Waals surface area contributed by atoms with Crippen molar-refractivity contribution in [1.29, 1.82) is 0 Å². The van der Waals surface area contributed by atoms with Crippen LogP contribution in [0.2, 0.25) is 0 Å². The number of rotatable bonds is 4. The molecule has 0 saturated heterocycles. The van der Waals surface area contributed by atoms with Gasteiger partial charge in [-0.1, -0.05) is 0 Å². The van der Waals surface area contributed by atoms with Gasteiger partial charge in [0.1, 0.15) is 0 Å². The van der Waals surface area contributed by atoms with Crippen molar-refractivity contribution in [2.45, 2.75) is 38.9 Å². The van der Waals surface area contributed by atoms with Gasteiger partial charge in [-0.2, -0.15) is 0 Å². The summed E-state index contributed by atoms with van der Waals surface area (Å²) in [5.41, 5.74) is -0.240. The molecule has 0 saturated carbocycles. The lowest BCUT2D eigenvalue weighted by Gasteiger charge is -2.20. The highest BCUT2D eigenvalue weighted by Gasteiger charge is 2.17. The van der Waals surface area contributed by atoms with E-state index in [2.05, 4.69) is 4.74 Å². The second-order valence-electron chi connectivity index (χ2n) is 3.79. The van der Waals surface area contributed by atoms with Crippen LogP contribution < -0.4 is 0 Å². The Kier molecular flexibility index (Phi) is 4.95. The highest BCUT2D eigenvalue weighted by atomic mass is 16.5. The molecule has 0 radical (unpaired) electrons. The highest BCUT2D eigenvalue weighted by Crippen LogP contribution is 2.08. The maximum absolute atomic E-state index is 10.7. The van der Waals surface area contributed by atoms with Crippen LogP contribution in [0.1, 0.15) is 27.2 Å². The molecule has 0 aromatic heterocycles. The van der Waals surface area contributed by atoms with E-state index >= 15 is 0 Å². The fourth-order valence-electron chi connectivity index (χ4n) is 0.731. The molecule has 4 heteroatoms. The van der Waals surface area contributed by atoms with Crippen molar-refractivity contribution in [2.24, 2.45) is 0 Å². The molecule has 1 atom stereocenters. The average Bonchev–Trinajstić information content (AvgIpc) is 2.00. The van der Waals surface area contributed by atoms with E-state index in [0.29, 0.717) is 6.61 Å². The van der Waals surface area contributed by atoms with Gasteiger partial charge in [-0.05, 0) is 20.8 Å². The predicted octanol–water partition coefficient (Wildman–Crippen LogP) is 0.725. The van der Waals surface area contributed by atoms with E-state index in [1.807, 2.05) is 20.8 Å². The van der Waals surface area contributed by atoms with Crippen molar-refractivity contribution >= 4 is 5.97 Å².